The van der Waals surface area contributed by atoms with Crippen LogP contribution in [0.3, 0.4) is 0 Å². The number of pyridine rings is 1. The van der Waals surface area contributed by atoms with E-state index in [0.29, 0.717) is 0 Å². The Morgan fingerprint density at radius 3 is 2.81 bits per heavy atom. The van der Waals surface area contributed by atoms with E-state index in [2.05, 4.69) is 41.0 Å². The van der Waals surface area contributed by atoms with Gasteiger partial charge >= 0.3 is 0 Å². The fourth-order valence-electron chi connectivity index (χ4n) is 3.17. The lowest BCUT2D eigenvalue weighted by Gasteiger charge is -2.22. The third-order valence-electron chi connectivity index (χ3n) is 4.32. The minimum atomic E-state index is 0.239. The molecule has 1 aliphatic carbocycles. The molecule has 2 aromatic rings. The van der Waals surface area contributed by atoms with Gasteiger partial charge in [-0.05, 0) is 37.0 Å². The number of para-hydroxylation sites is 1. The number of thioether (sulfide) groups is 1. The number of rotatable bonds is 5. The third kappa shape index (κ3) is 3.98. The minimum absolute atomic E-state index is 0.239. The second kappa shape index (κ2) is 7.28. The van der Waals surface area contributed by atoms with Crippen LogP contribution in [0.5, 0.6) is 0 Å². The smallest absolute Gasteiger partial charge is 0.0704 e. The number of hydrogen-bond acceptors (Lipinski definition) is 3. The highest BCUT2D eigenvalue weighted by atomic mass is 32.2. The molecular formula is C18H24N2S. The zero-order valence-electron chi connectivity index (χ0n) is 12.5. The summed E-state index contributed by atoms with van der Waals surface area (Å²) in [5.74, 6) is 1.07. The van der Waals surface area contributed by atoms with Crippen LogP contribution in [0, 0.1) is 0 Å². The van der Waals surface area contributed by atoms with Crippen LogP contribution in [-0.2, 0) is 6.42 Å². The molecular weight excluding hydrogens is 276 g/mol. The monoisotopic (exact) mass is 300 g/mol. The fourth-order valence-corrected chi connectivity index (χ4v) is 4.47. The molecule has 1 saturated carbocycles. The molecule has 1 heterocycles. The molecule has 112 valence electrons. The number of nitrogens with zero attached hydrogens (tertiary/aromatic N) is 1. The highest BCUT2D eigenvalue weighted by molar-refractivity contribution is 7.99. The second-order valence-electron chi connectivity index (χ2n) is 6.04. The molecule has 2 nitrogen and oxygen atoms in total. The Kier molecular flexibility index (Phi) is 5.15. The molecule has 0 radical (unpaired) electrons. The Morgan fingerprint density at radius 2 is 1.95 bits per heavy atom. The van der Waals surface area contributed by atoms with E-state index in [0.717, 1.165) is 22.9 Å². The van der Waals surface area contributed by atoms with Gasteiger partial charge in [-0.1, -0.05) is 37.5 Å². The summed E-state index contributed by atoms with van der Waals surface area (Å²) >= 11 is 2.09. The average molecular weight is 300 g/mol. The van der Waals surface area contributed by atoms with Crippen molar-refractivity contribution in [3.8, 4) is 0 Å². The molecule has 1 aliphatic rings. The van der Waals surface area contributed by atoms with Gasteiger partial charge in [0.25, 0.3) is 0 Å². The van der Waals surface area contributed by atoms with E-state index in [-0.39, 0.29) is 6.04 Å². The molecule has 0 bridgehead atoms. The summed E-state index contributed by atoms with van der Waals surface area (Å²) in [7, 11) is 0. The van der Waals surface area contributed by atoms with Crippen molar-refractivity contribution in [1.82, 2.24) is 4.98 Å². The summed E-state index contributed by atoms with van der Waals surface area (Å²) in [5, 5.41) is 2.09. The first-order chi connectivity index (χ1) is 10.3. The molecule has 1 aromatic carbocycles. The van der Waals surface area contributed by atoms with Crippen LogP contribution >= 0.6 is 11.8 Å². The number of aromatic nitrogens is 1. The van der Waals surface area contributed by atoms with Crippen LogP contribution in [0.15, 0.2) is 36.5 Å². The molecule has 2 N–H and O–H groups in total. The van der Waals surface area contributed by atoms with Crippen molar-refractivity contribution in [3.63, 3.8) is 0 Å². The van der Waals surface area contributed by atoms with Crippen LogP contribution in [-0.4, -0.2) is 22.0 Å². The van der Waals surface area contributed by atoms with E-state index in [1.165, 1.54) is 43.1 Å². The van der Waals surface area contributed by atoms with E-state index in [1.54, 1.807) is 0 Å². The van der Waals surface area contributed by atoms with Crippen molar-refractivity contribution in [2.75, 3.05) is 5.75 Å². The molecule has 0 aliphatic heterocycles. The van der Waals surface area contributed by atoms with Crippen molar-refractivity contribution in [3.05, 3.63) is 42.1 Å². The van der Waals surface area contributed by atoms with Crippen molar-refractivity contribution < 1.29 is 0 Å². The Labute approximate surface area is 131 Å². The maximum absolute atomic E-state index is 6.37. The van der Waals surface area contributed by atoms with Gasteiger partial charge in [-0.3, -0.25) is 4.98 Å². The van der Waals surface area contributed by atoms with E-state index >= 15 is 0 Å². The first-order valence-corrected chi connectivity index (χ1v) is 9.07. The van der Waals surface area contributed by atoms with Gasteiger partial charge in [0.05, 0.1) is 5.52 Å². The lowest BCUT2D eigenvalue weighted by molar-refractivity contribution is 0.515. The standard InChI is InChI=1S/C18H24N2S/c19-15(13-21-16-6-2-1-3-7-16)12-14-10-11-20-18-9-5-4-8-17(14)18/h4-5,8-11,15-16H,1-3,6-7,12-13,19H2. The van der Waals surface area contributed by atoms with Crippen LogP contribution in [0.2, 0.25) is 0 Å². The number of nitrogens with two attached hydrogens (primary N) is 1. The number of hydrogen-bond donors (Lipinski definition) is 1. The Morgan fingerprint density at radius 1 is 1.14 bits per heavy atom. The number of fused-ring (bicyclic) bond motifs is 1. The summed E-state index contributed by atoms with van der Waals surface area (Å²) in [6.45, 7) is 0. The summed E-state index contributed by atoms with van der Waals surface area (Å²) in [6.07, 6.45) is 9.85. The molecule has 21 heavy (non-hydrogen) atoms. The van der Waals surface area contributed by atoms with Crippen molar-refractivity contribution in [2.45, 2.75) is 49.8 Å². The van der Waals surface area contributed by atoms with Gasteiger partial charge in [-0.2, -0.15) is 11.8 Å². The summed E-state index contributed by atoms with van der Waals surface area (Å²) in [5.41, 5.74) is 8.77. The topological polar surface area (TPSA) is 38.9 Å². The van der Waals surface area contributed by atoms with E-state index < -0.39 is 0 Å². The Balaban J connectivity index is 1.59. The van der Waals surface area contributed by atoms with Gasteiger partial charge in [0.1, 0.15) is 0 Å². The van der Waals surface area contributed by atoms with Gasteiger partial charge in [0.15, 0.2) is 0 Å². The molecule has 3 heteroatoms. The highest BCUT2D eigenvalue weighted by Gasteiger charge is 2.15. The Bertz CT molecular complexity index is 573. The lowest BCUT2D eigenvalue weighted by atomic mass is 10.0. The maximum atomic E-state index is 6.37. The Hall–Kier alpha value is -1.06. The first kappa shape index (κ1) is 14.9. The van der Waals surface area contributed by atoms with Gasteiger partial charge in [-0.15, -0.1) is 0 Å². The molecule has 1 unspecified atom stereocenters. The maximum Gasteiger partial charge on any atom is 0.0704 e. The highest BCUT2D eigenvalue weighted by Crippen LogP contribution is 2.29. The zero-order chi connectivity index (χ0) is 14.5. The predicted molar refractivity (Wildman–Crippen MR) is 92.8 cm³/mol. The van der Waals surface area contributed by atoms with Gasteiger partial charge < -0.3 is 5.73 Å². The largest absolute Gasteiger partial charge is 0.327 e. The van der Waals surface area contributed by atoms with E-state index in [9.17, 15) is 0 Å². The zero-order valence-corrected chi connectivity index (χ0v) is 13.3. The fraction of sp³-hybridized carbons (Fsp3) is 0.500. The molecule has 1 fully saturated rings. The van der Waals surface area contributed by atoms with Crippen LogP contribution in [0.4, 0.5) is 0 Å². The summed E-state index contributed by atoms with van der Waals surface area (Å²) in [6, 6.07) is 10.7. The van der Waals surface area contributed by atoms with Crippen molar-refractivity contribution in [2.24, 2.45) is 5.73 Å². The molecule has 0 spiro atoms. The van der Waals surface area contributed by atoms with Crippen LogP contribution < -0.4 is 5.73 Å². The average Bonchev–Trinajstić information content (AvgIpc) is 2.54. The molecule has 0 amide bonds. The summed E-state index contributed by atoms with van der Waals surface area (Å²) < 4.78 is 0. The molecule has 1 aromatic heterocycles. The van der Waals surface area contributed by atoms with Crippen molar-refractivity contribution in [1.29, 1.82) is 0 Å². The molecule has 1 atom stereocenters. The predicted octanol–water partition coefficient (Wildman–Crippen LogP) is 4.17. The van der Waals surface area contributed by atoms with Gasteiger partial charge in [0, 0.05) is 28.6 Å². The SMILES string of the molecule is NC(CSC1CCCCC1)Cc1ccnc2ccccc12. The van der Waals surface area contributed by atoms with Gasteiger partial charge in [-0.25, -0.2) is 0 Å². The van der Waals surface area contributed by atoms with Crippen LogP contribution in [0.1, 0.15) is 37.7 Å². The number of benzene rings is 1. The normalized spacial score (nSPS) is 18.0. The third-order valence-corrected chi connectivity index (χ3v) is 5.88. The first-order valence-electron chi connectivity index (χ1n) is 8.03. The molecule has 0 saturated heterocycles. The van der Waals surface area contributed by atoms with E-state index in [4.69, 9.17) is 5.73 Å². The van der Waals surface area contributed by atoms with Gasteiger partial charge in [0.2, 0.25) is 0 Å². The quantitative estimate of drug-likeness (QED) is 0.900. The molecule has 3 rings (SSSR count). The second-order valence-corrected chi connectivity index (χ2v) is 7.38. The minimum Gasteiger partial charge on any atom is -0.327 e. The van der Waals surface area contributed by atoms with E-state index in [1.807, 2.05) is 12.3 Å². The lowest BCUT2D eigenvalue weighted by Crippen LogP contribution is -2.27. The van der Waals surface area contributed by atoms with Crippen LogP contribution in [0.25, 0.3) is 10.9 Å². The van der Waals surface area contributed by atoms with Crippen molar-refractivity contribution >= 4 is 22.7 Å². The summed E-state index contributed by atoms with van der Waals surface area (Å²) in [4.78, 5) is 4.42.